The van der Waals surface area contributed by atoms with Gasteiger partial charge < -0.3 is 15.6 Å². The number of aliphatic hydroxyl groups excluding tert-OH is 1. The molecule has 0 fully saturated rings. The van der Waals surface area contributed by atoms with Gasteiger partial charge in [0.15, 0.2) is 11.6 Å². The van der Waals surface area contributed by atoms with E-state index in [2.05, 4.69) is 10.1 Å². The monoisotopic (exact) mass is 434 g/mol. The smallest absolute Gasteiger partial charge is 0.166 e. The molecule has 2 aromatic heterocycles. The first kappa shape index (κ1) is 21.4. The Labute approximate surface area is 180 Å². The second-order valence-corrected chi connectivity index (χ2v) is 8.39. The zero-order valence-electron chi connectivity index (χ0n) is 16.8. The number of aromatic nitrogens is 3. The molecule has 0 bridgehead atoms. The van der Waals surface area contributed by atoms with Gasteiger partial charge in [0, 0.05) is 34.1 Å². The third-order valence-corrected chi connectivity index (χ3v) is 5.67. The maximum atomic E-state index is 9.55. The molecule has 1 aromatic carbocycles. The van der Waals surface area contributed by atoms with Crippen LogP contribution in [0, 0.1) is 6.92 Å². The SMILES string of the molecule is Cc1ccc(Cl)c(C(C)Oc2cc(-c3cnn(C(C)(C)CO)c3)cnc2N)c1Cl. The number of nitrogens with zero attached hydrogens (tertiary/aromatic N) is 3. The van der Waals surface area contributed by atoms with Crippen molar-refractivity contribution in [3.05, 3.63) is 58.0 Å². The summed E-state index contributed by atoms with van der Waals surface area (Å²) in [5.41, 5.74) is 8.78. The quantitative estimate of drug-likeness (QED) is 0.569. The lowest BCUT2D eigenvalue weighted by molar-refractivity contribution is 0.152. The summed E-state index contributed by atoms with van der Waals surface area (Å²) < 4.78 is 7.80. The predicted octanol–water partition coefficient (Wildman–Crippen LogP) is 5.01. The van der Waals surface area contributed by atoms with Crippen LogP contribution in [0.25, 0.3) is 11.1 Å². The number of aryl methyl sites for hydroxylation is 1. The van der Waals surface area contributed by atoms with Crippen LogP contribution in [-0.2, 0) is 5.54 Å². The molecular formula is C21H24Cl2N4O2. The van der Waals surface area contributed by atoms with Gasteiger partial charge in [-0.25, -0.2) is 4.98 Å². The van der Waals surface area contributed by atoms with Gasteiger partial charge in [-0.15, -0.1) is 0 Å². The standard InChI is InChI=1S/C21H24Cl2N4O2/c1-12-5-6-16(22)18(19(12)23)13(2)29-17-7-14(8-25-20(17)24)15-9-26-27(10-15)21(3,4)11-28/h5-10,13,28H,11H2,1-4H3,(H2,24,25). The van der Waals surface area contributed by atoms with Crippen LogP contribution in [0.4, 0.5) is 5.82 Å². The van der Waals surface area contributed by atoms with Crippen molar-refractivity contribution in [3.63, 3.8) is 0 Å². The first-order chi connectivity index (χ1) is 13.6. The first-order valence-electron chi connectivity index (χ1n) is 9.17. The summed E-state index contributed by atoms with van der Waals surface area (Å²) in [6, 6.07) is 5.47. The second-order valence-electron chi connectivity index (χ2n) is 7.60. The number of hydrogen-bond donors (Lipinski definition) is 2. The molecule has 1 unspecified atom stereocenters. The minimum Gasteiger partial charge on any atom is -0.482 e. The molecule has 0 saturated carbocycles. The fraction of sp³-hybridized carbons (Fsp3) is 0.333. The van der Waals surface area contributed by atoms with Gasteiger partial charge in [-0.3, -0.25) is 4.68 Å². The zero-order valence-corrected chi connectivity index (χ0v) is 18.3. The number of nitrogen functional groups attached to an aromatic ring is 1. The van der Waals surface area contributed by atoms with Gasteiger partial charge in [-0.1, -0.05) is 29.3 Å². The summed E-state index contributed by atoms with van der Waals surface area (Å²) >= 11 is 12.8. The topological polar surface area (TPSA) is 86.2 Å². The van der Waals surface area contributed by atoms with Crippen LogP contribution in [0.2, 0.25) is 10.0 Å². The number of aliphatic hydroxyl groups is 1. The number of halogens is 2. The highest BCUT2D eigenvalue weighted by atomic mass is 35.5. The summed E-state index contributed by atoms with van der Waals surface area (Å²) in [4.78, 5) is 4.26. The molecular weight excluding hydrogens is 411 g/mol. The molecule has 154 valence electrons. The molecule has 2 heterocycles. The van der Waals surface area contributed by atoms with Crippen LogP contribution >= 0.6 is 23.2 Å². The molecule has 6 nitrogen and oxygen atoms in total. The van der Waals surface area contributed by atoms with Crippen molar-refractivity contribution in [2.45, 2.75) is 39.3 Å². The van der Waals surface area contributed by atoms with Crippen molar-refractivity contribution in [1.29, 1.82) is 0 Å². The zero-order chi connectivity index (χ0) is 21.3. The highest BCUT2D eigenvalue weighted by molar-refractivity contribution is 6.36. The van der Waals surface area contributed by atoms with Crippen molar-refractivity contribution in [2.24, 2.45) is 0 Å². The molecule has 3 N–H and O–H groups in total. The Hall–Kier alpha value is -2.28. The molecule has 8 heteroatoms. The molecule has 3 rings (SSSR count). The van der Waals surface area contributed by atoms with Gasteiger partial charge in [0.1, 0.15) is 6.10 Å². The minimum absolute atomic E-state index is 0.0298. The number of nitrogens with two attached hydrogens (primary N) is 1. The fourth-order valence-corrected chi connectivity index (χ4v) is 3.56. The number of anilines is 1. The fourth-order valence-electron chi connectivity index (χ4n) is 2.88. The normalized spacial score (nSPS) is 12.8. The number of pyridine rings is 1. The molecule has 1 atom stereocenters. The Bertz CT molecular complexity index is 1030. The van der Waals surface area contributed by atoms with Crippen molar-refractivity contribution in [1.82, 2.24) is 14.8 Å². The molecule has 0 spiro atoms. The van der Waals surface area contributed by atoms with Crippen molar-refractivity contribution >= 4 is 29.0 Å². The van der Waals surface area contributed by atoms with Gasteiger partial charge in [-0.2, -0.15) is 5.10 Å². The van der Waals surface area contributed by atoms with Crippen molar-refractivity contribution in [2.75, 3.05) is 12.3 Å². The van der Waals surface area contributed by atoms with Crippen LogP contribution in [0.1, 0.15) is 38.0 Å². The number of hydrogen-bond acceptors (Lipinski definition) is 5. The Kier molecular flexibility index (Phi) is 6.08. The molecule has 3 aromatic rings. The Morgan fingerprint density at radius 1 is 1.24 bits per heavy atom. The summed E-state index contributed by atoms with van der Waals surface area (Å²) in [6.07, 6.45) is 4.80. The van der Waals surface area contributed by atoms with Crippen LogP contribution in [0.3, 0.4) is 0 Å². The van der Waals surface area contributed by atoms with Gasteiger partial charge in [0.05, 0.1) is 23.4 Å². The molecule has 0 amide bonds. The van der Waals surface area contributed by atoms with E-state index in [1.807, 2.05) is 46.0 Å². The van der Waals surface area contributed by atoms with Gasteiger partial charge >= 0.3 is 0 Å². The Balaban J connectivity index is 1.92. The van der Waals surface area contributed by atoms with E-state index in [1.54, 1.807) is 23.1 Å². The van der Waals surface area contributed by atoms with E-state index in [0.717, 1.165) is 16.7 Å². The molecule has 0 aliphatic heterocycles. The lowest BCUT2D eigenvalue weighted by Crippen LogP contribution is -2.30. The number of benzene rings is 1. The molecule has 29 heavy (non-hydrogen) atoms. The van der Waals surface area contributed by atoms with E-state index < -0.39 is 11.6 Å². The summed E-state index contributed by atoms with van der Waals surface area (Å²) in [6.45, 7) is 7.54. The number of ether oxygens (including phenoxy) is 1. The van der Waals surface area contributed by atoms with E-state index in [9.17, 15) is 5.11 Å². The van der Waals surface area contributed by atoms with E-state index in [4.69, 9.17) is 33.7 Å². The van der Waals surface area contributed by atoms with Crippen LogP contribution in [0.5, 0.6) is 5.75 Å². The van der Waals surface area contributed by atoms with Gasteiger partial charge in [0.25, 0.3) is 0 Å². The molecule has 0 aliphatic carbocycles. The summed E-state index contributed by atoms with van der Waals surface area (Å²) in [5, 5.41) is 15.0. The maximum Gasteiger partial charge on any atom is 0.166 e. The van der Waals surface area contributed by atoms with E-state index in [-0.39, 0.29) is 12.4 Å². The van der Waals surface area contributed by atoms with Crippen LogP contribution in [-0.4, -0.2) is 26.5 Å². The highest BCUT2D eigenvalue weighted by Crippen LogP contribution is 2.37. The Morgan fingerprint density at radius 3 is 2.66 bits per heavy atom. The molecule has 0 saturated heterocycles. The summed E-state index contributed by atoms with van der Waals surface area (Å²) in [7, 11) is 0. The maximum absolute atomic E-state index is 9.55. The van der Waals surface area contributed by atoms with Crippen LogP contribution in [0.15, 0.2) is 36.8 Å². The first-order valence-corrected chi connectivity index (χ1v) is 9.92. The van der Waals surface area contributed by atoms with E-state index in [0.29, 0.717) is 21.4 Å². The van der Waals surface area contributed by atoms with E-state index in [1.165, 1.54) is 0 Å². The third-order valence-electron chi connectivity index (χ3n) is 4.83. The summed E-state index contributed by atoms with van der Waals surface area (Å²) in [5.74, 6) is 0.696. The lowest BCUT2D eigenvalue weighted by Gasteiger charge is -2.22. The molecule has 0 radical (unpaired) electrons. The second kappa shape index (κ2) is 8.22. The van der Waals surface area contributed by atoms with Crippen molar-refractivity contribution < 1.29 is 9.84 Å². The van der Waals surface area contributed by atoms with Gasteiger partial charge in [-0.05, 0) is 45.4 Å². The van der Waals surface area contributed by atoms with Gasteiger partial charge in [0.2, 0.25) is 0 Å². The third kappa shape index (κ3) is 4.34. The van der Waals surface area contributed by atoms with Crippen molar-refractivity contribution in [3.8, 4) is 16.9 Å². The number of rotatable bonds is 6. The molecule has 0 aliphatic rings. The van der Waals surface area contributed by atoms with E-state index >= 15 is 0 Å². The predicted molar refractivity (Wildman–Crippen MR) is 117 cm³/mol. The average Bonchev–Trinajstić information content (AvgIpc) is 3.18. The lowest BCUT2D eigenvalue weighted by atomic mass is 10.1. The minimum atomic E-state index is -0.508. The Morgan fingerprint density at radius 2 is 1.97 bits per heavy atom. The largest absolute Gasteiger partial charge is 0.482 e. The van der Waals surface area contributed by atoms with Crippen LogP contribution < -0.4 is 10.5 Å². The highest BCUT2D eigenvalue weighted by Gasteiger charge is 2.21. The average molecular weight is 435 g/mol.